The lowest BCUT2D eigenvalue weighted by atomic mass is 9.94. The van der Waals surface area contributed by atoms with Crippen LogP contribution < -0.4 is 9.47 Å². The second-order valence-electron chi connectivity index (χ2n) is 8.87. The highest BCUT2D eigenvalue weighted by Crippen LogP contribution is 2.41. The number of ether oxygens (including phenoxy) is 2. The Balaban J connectivity index is 1.60. The molecule has 0 saturated carbocycles. The number of ketones is 1. The van der Waals surface area contributed by atoms with E-state index in [9.17, 15) is 14.7 Å². The summed E-state index contributed by atoms with van der Waals surface area (Å²) in [6.07, 6.45) is 0.781. The average Bonchev–Trinajstić information content (AvgIpc) is 3.36. The van der Waals surface area contributed by atoms with Crippen molar-refractivity contribution < 1.29 is 24.2 Å². The van der Waals surface area contributed by atoms with Gasteiger partial charge in [-0.1, -0.05) is 42.5 Å². The van der Waals surface area contributed by atoms with Crippen LogP contribution >= 0.6 is 0 Å². The number of fused-ring (bicyclic) bond motifs is 1. The molecule has 3 aromatic carbocycles. The second-order valence-corrected chi connectivity index (χ2v) is 8.87. The topological polar surface area (TPSA) is 76.1 Å². The van der Waals surface area contributed by atoms with Crippen LogP contribution in [0.25, 0.3) is 5.76 Å². The monoisotopic (exact) mass is 469 g/mol. The molecule has 2 aliphatic rings. The molecular weight excluding hydrogens is 442 g/mol. The van der Waals surface area contributed by atoms with Crippen LogP contribution in [-0.2, 0) is 22.6 Å². The maximum Gasteiger partial charge on any atom is 0.295 e. The normalized spacial score (nSPS) is 20.6. The van der Waals surface area contributed by atoms with Gasteiger partial charge in [0.05, 0.1) is 18.2 Å². The minimum Gasteiger partial charge on any atom is -0.507 e. The Morgan fingerprint density at radius 3 is 2.51 bits per heavy atom. The number of carbonyl (C=O) groups excluding carboxylic acids is 2. The maximum absolute atomic E-state index is 13.3. The number of benzene rings is 3. The van der Waals surface area contributed by atoms with Crippen LogP contribution in [0.5, 0.6) is 11.5 Å². The van der Waals surface area contributed by atoms with Crippen molar-refractivity contribution in [2.24, 2.45) is 0 Å². The Morgan fingerprint density at radius 2 is 1.80 bits per heavy atom. The summed E-state index contributed by atoms with van der Waals surface area (Å²) in [6.45, 7) is 4.67. The molecule has 0 aliphatic carbocycles. The van der Waals surface area contributed by atoms with E-state index in [1.165, 1.54) is 4.90 Å². The van der Waals surface area contributed by atoms with Crippen molar-refractivity contribution in [3.8, 4) is 11.5 Å². The van der Waals surface area contributed by atoms with Crippen LogP contribution in [0.3, 0.4) is 0 Å². The first kappa shape index (κ1) is 22.7. The zero-order valence-corrected chi connectivity index (χ0v) is 19.7. The van der Waals surface area contributed by atoms with Crippen LogP contribution in [0.15, 0.2) is 78.4 Å². The van der Waals surface area contributed by atoms with Crippen LogP contribution in [0.2, 0.25) is 0 Å². The molecule has 0 aromatic heterocycles. The zero-order chi connectivity index (χ0) is 24.5. The number of nitrogens with zero attached hydrogens (tertiary/aromatic N) is 1. The predicted molar refractivity (Wildman–Crippen MR) is 132 cm³/mol. The average molecular weight is 470 g/mol. The quantitative estimate of drug-likeness (QED) is 0.311. The highest BCUT2D eigenvalue weighted by Gasteiger charge is 2.46. The molecule has 6 nitrogen and oxygen atoms in total. The molecular formula is C29H27NO5. The SMILES string of the molecule is CCOc1ccc(C2C(=C(O)c3ccc4c(c3)CC(C)O4)C(=O)C(=O)N2Cc2ccccc2)cc1. The smallest absolute Gasteiger partial charge is 0.295 e. The first-order chi connectivity index (χ1) is 17.0. The Hall–Kier alpha value is -4.06. The minimum absolute atomic E-state index is 0.0581. The summed E-state index contributed by atoms with van der Waals surface area (Å²) in [5, 5.41) is 11.4. The largest absolute Gasteiger partial charge is 0.507 e. The number of Topliss-reactive ketones (excluding diaryl/α,β-unsaturated/α-hetero) is 1. The van der Waals surface area contributed by atoms with Gasteiger partial charge in [-0.3, -0.25) is 9.59 Å². The van der Waals surface area contributed by atoms with E-state index >= 15 is 0 Å². The zero-order valence-electron chi connectivity index (χ0n) is 19.7. The molecule has 1 amide bonds. The molecule has 0 bridgehead atoms. The van der Waals surface area contributed by atoms with Crippen molar-refractivity contribution >= 4 is 17.4 Å². The van der Waals surface area contributed by atoms with Gasteiger partial charge in [0, 0.05) is 18.5 Å². The van der Waals surface area contributed by atoms with Crippen LogP contribution in [-0.4, -0.2) is 34.4 Å². The first-order valence-corrected chi connectivity index (χ1v) is 11.8. The second kappa shape index (κ2) is 9.29. The van der Waals surface area contributed by atoms with Gasteiger partial charge < -0.3 is 19.5 Å². The van der Waals surface area contributed by atoms with Crippen molar-refractivity contribution in [1.29, 1.82) is 0 Å². The van der Waals surface area contributed by atoms with Gasteiger partial charge in [-0.25, -0.2) is 0 Å². The third-order valence-electron chi connectivity index (χ3n) is 6.41. The van der Waals surface area contributed by atoms with Crippen molar-refractivity contribution in [2.45, 2.75) is 39.0 Å². The first-order valence-electron chi connectivity index (χ1n) is 11.8. The minimum atomic E-state index is -0.727. The van der Waals surface area contributed by atoms with Crippen molar-refractivity contribution in [1.82, 2.24) is 4.90 Å². The highest BCUT2D eigenvalue weighted by molar-refractivity contribution is 6.46. The fourth-order valence-electron chi connectivity index (χ4n) is 4.81. The summed E-state index contributed by atoms with van der Waals surface area (Å²) in [4.78, 5) is 28.1. The molecule has 178 valence electrons. The van der Waals surface area contributed by atoms with E-state index in [0.29, 0.717) is 17.9 Å². The number of hydrogen-bond acceptors (Lipinski definition) is 5. The van der Waals surface area contributed by atoms with Gasteiger partial charge in [-0.05, 0) is 60.9 Å². The van der Waals surface area contributed by atoms with E-state index in [0.717, 1.165) is 28.9 Å². The van der Waals surface area contributed by atoms with Crippen molar-refractivity contribution in [3.05, 3.63) is 101 Å². The summed E-state index contributed by atoms with van der Waals surface area (Å²) in [5.74, 6) is -0.0272. The van der Waals surface area contributed by atoms with Gasteiger partial charge in [-0.2, -0.15) is 0 Å². The number of rotatable bonds is 6. The lowest BCUT2D eigenvalue weighted by Crippen LogP contribution is -2.29. The molecule has 5 rings (SSSR count). The molecule has 0 spiro atoms. The van der Waals surface area contributed by atoms with Crippen LogP contribution in [0.1, 0.15) is 42.1 Å². The number of aliphatic hydroxyl groups excluding tert-OH is 1. The third-order valence-corrected chi connectivity index (χ3v) is 6.41. The summed E-state index contributed by atoms with van der Waals surface area (Å²) >= 11 is 0. The Labute approximate surface area is 204 Å². The van der Waals surface area contributed by atoms with E-state index < -0.39 is 17.7 Å². The van der Waals surface area contributed by atoms with Crippen LogP contribution in [0, 0.1) is 0 Å². The number of amides is 1. The summed E-state index contributed by atoms with van der Waals surface area (Å²) < 4.78 is 11.3. The lowest BCUT2D eigenvalue weighted by Gasteiger charge is -2.25. The van der Waals surface area contributed by atoms with Gasteiger partial charge >= 0.3 is 0 Å². The lowest BCUT2D eigenvalue weighted by molar-refractivity contribution is -0.140. The number of aliphatic hydroxyl groups is 1. The molecule has 2 unspecified atom stereocenters. The van der Waals surface area contributed by atoms with Gasteiger partial charge in [0.15, 0.2) is 0 Å². The van der Waals surface area contributed by atoms with E-state index in [1.54, 1.807) is 12.1 Å². The number of hydrogen-bond donors (Lipinski definition) is 1. The molecule has 35 heavy (non-hydrogen) atoms. The number of carbonyl (C=O) groups is 2. The van der Waals surface area contributed by atoms with Crippen LogP contribution in [0.4, 0.5) is 0 Å². The predicted octanol–water partition coefficient (Wildman–Crippen LogP) is 5.03. The van der Waals surface area contributed by atoms with Crippen molar-refractivity contribution in [3.63, 3.8) is 0 Å². The van der Waals surface area contributed by atoms with Gasteiger partial charge in [-0.15, -0.1) is 0 Å². The van der Waals surface area contributed by atoms with E-state index in [2.05, 4.69) is 0 Å². The molecule has 1 N–H and O–H groups in total. The molecule has 1 saturated heterocycles. The van der Waals surface area contributed by atoms with E-state index in [-0.39, 0.29) is 24.0 Å². The van der Waals surface area contributed by atoms with Gasteiger partial charge in [0.1, 0.15) is 23.4 Å². The standard InChI is InChI=1S/C29H27NO5/c1-3-34-23-12-9-20(10-13-23)26-25(27(31)21-11-14-24-22(16-21)15-18(2)35-24)28(32)29(33)30(26)17-19-7-5-4-6-8-19/h4-14,16,18,26,31H,3,15,17H2,1-2H3. The van der Waals surface area contributed by atoms with Crippen molar-refractivity contribution in [2.75, 3.05) is 6.61 Å². The molecule has 6 heteroatoms. The van der Waals surface area contributed by atoms with E-state index in [4.69, 9.17) is 9.47 Å². The maximum atomic E-state index is 13.3. The Kier molecular flexibility index (Phi) is 6.03. The molecule has 1 fully saturated rings. The van der Waals surface area contributed by atoms with E-state index in [1.807, 2.05) is 74.5 Å². The van der Waals surface area contributed by atoms with Gasteiger partial charge in [0.25, 0.3) is 11.7 Å². The molecule has 2 aliphatic heterocycles. The summed E-state index contributed by atoms with van der Waals surface area (Å²) in [6, 6.07) is 21.5. The molecule has 3 aromatic rings. The Bertz CT molecular complexity index is 1300. The summed E-state index contributed by atoms with van der Waals surface area (Å²) in [7, 11) is 0. The summed E-state index contributed by atoms with van der Waals surface area (Å²) in [5.41, 5.74) is 3.17. The molecule has 2 atom stereocenters. The Morgan fingerprint density at radius 1 is 1.06 bits per heavy atom. The number of likely N-dealkylation sites (tertiary alicyclic amines) is 1. The molecule has 2 heterocycles. The molecule has 0 radical (unpaired) electrons. The third kappa shape index (κ3) is 4.28. The van der Waals surface area contributed by atoms with Gasteiger partial charge in [0.2, 0.25) is 0 Å². The highest BCUT2D eigenvalue weighted by atomic mass is 16.5. The fourth-order valence-corrected chi connectivity index (χ4v) is 4.81. The fraction of sp³-hybridized carbons (Fsp3) is 0.241.